The molecule has 0 aliphatic carbocycles. The van der Waals surface area contributed by atoms with Crippen LogP contribution in [-0.2, 0) is 9.59 Å². The first-order valence-corrected chi connectivity index (χ1v) is 6.55. The summed E-state index contributed by atoms with van der Waals surface area (Å²) in [6.07, 6.45) is 0. The average Bonchev–Trinajstić information content (AvgIpc) is 2.86. The fourth-order valence-corrected chi connectivity index (χ4v) is 2.35. The van der Waals surface area contributed by atoms with Crippen molar-refractivity contribution < 1.29 is 19.3 Å². The second-order valence-corrected chi connectivity index (χ2v) is 4.92. The Labute approximate surface area is 130 Å². The molecule has 2 aromatic heterocycles. The van der Waals surface area contributed by atoms with Gasteiger partial charge < -0.3 is 9.68 Å². The SMILES string of the molecule is CC(=O)On1c(=O)c2cc3c(=O)n(OC(C)=O)c(=O)c3cc2c1=O. The van der Waals surface area contributed by atoms with E-state index in [9.17, 15) is 28.8 Å². The highest BCUT2D eigenvalue weighted by Crippen LogP contribution is 2.13. The molecule has 3 rings (SSSR count). The molecule has 2 heterocycles. The van der Waals surface area contributed by atoms with Crippen LogP contribution in [0.2, 0.25) is 0 Å². The van der Waals surface area contributed by atoms with Crippen molar-refractivity contribution in [1.82, 2.24) is 9.46 Å². The molecule has 0 saturated carbocycles. The predicted molar refractivity (Wildman–Crippen MR) is 79.4 cm³/mol. The van der Waals surface area contributed by atoms with Crippen LogP contribution in [0.5, 0.6) is 0 Å². The van der Waals surface area contributed by atoms with E-state index >= 15 is 0 Å². The van der Waals surface area contributed by atoms with Crippen molar-refractivity contribution in [2.24, 2.45) is 0 Å². The summed E-state index contributed by atoms with van der Waals surface area (Å²) in [5, 5.41) is -0.812. The molecule has 0 aliphatic rings. The minimum absolute atomic E-state index is 0.203. The smallest absolute Gasteiger partial charge is 0.330 e. The summed E-state index contributed by atoms with van der Waals surface area (Å²) in [6, 6.07) is 2.05. The largest absolute Gasteiger partial charge is 0.330 e. The molecule has 0 N–H and O–H groups in total. The predicted octanol–water partition coefficient (Wildman–Crippen LogP) is -2.14. The second kappa shape index (κ2) is 4.98. The molecule has 122 valence electrons. The van der Waals surface area contributed by atoms with E-state index in [1.807, 2.05) is 0 Å². The molecule has 3 aromatic rings. The van der Waals surface area contributed by atoms with Gasteiger partial charge in [-0.15, -0.1) is 0 Å². The van der Waals surface area contributed by atoms with Crippen LogP contribution in [0, 0.1) is 0 Å². The van der Waals surface area contributed by atoms with Gasteiger partial charge in [-0.1, -0.05) is 9.46 Å². The molecule has 0 fully saturated rings. The normalized spacial score (nSPS) is 11.1. The van der Waals surface area contributed by atoms with E-state index in [2.05, 4.69) is 9.68 Å². The van der Waals surface area contributed by atoms with Crippen molar-refractivity contribution in [3.8, 4) is 0 Å². The highest BCUT2D eigenvalue weighted by atomic mass is 16.7. The van der Waals surface area contributed by atoms with Crippen molar-refractivity contribution in [2.45, 2.75) is 13.8 Å². The van der Waals surface area contributed by atoms with Gasteiger partial charge in [0.2, 0.25) is 0 Å². The van der Waals surface area contributed by atoms with Crippen molar-refractivity contribution in [2.75, 3.05) is 0 Å². The maximum absolute atomic E-state index is 12.1. The number of carbonyl (C=O) groups is 2. The summed E-state index contributed by atoms with van der Waals surface area (Å²) < 4.78 is 0.502. The van der Waals surface area contributed by atoms with Gasteiger partial charge >= 0.3 is 11.9 Å². The third-order valence-electron chi connectivity index (χ3n) is 3.26. The average molecular weight is 332 g/mol. The fraction of sp³-hybridized carbons (Fsp3) is 0.143. The first-order chi connectivity index (χ1) is 11.2. The molecule has 0 unspecified atom stereocenters. The second-order valence-electron chi connectivity index (χ2n) is 4.92. The zero-order valence-electron chi connectivity index (χ0n) is 12.3. The molecule has 10 heteroatoms. The lowest BCUT2D eigenvalue weighted by Crippen LogP contribution is -2.34. The summed E-state index contributed by atoms with van der Waals surface area (Å²) in [4.78, 5) is 79.5. The molecular weight excluding hydrogens is 324 g/mol. The number of carbonyl (C=O) groups excluding carboxylic acids is 2. The van der Waals surface area contributed by atoms with Crippen molar-refractivity contribution in [3.05, 3.63) is 53.5 Å². The molecule has 0 spiro atoms. The maximum Gasteiger partial charge on any atom is 0.330 e. The van der Waals surface area contributed by atoms with Gasteiger partial charge in [0, 0.05) is 13.8 Å². The maximum atomic E-state index is 12.1. The van der Waals surface area contributed by atoms with E-state index in [0.717, 1.165) is 26.0 Å². The third kappa shape index (κ3) is 2.04. The zero-order valence-corrected chi connectivity index (χ0v) is 12.3. The van der Waals surface area contributed by atoms with Gasteiger partial charge in [0.1, 0.15) is 0 Å². The van der Waals surface area contributed by atoms with Crippen LogP contribution in [0.3, 0.4) is 0 Å². The first kappa shape index (κ1) is 15.3. The highest BCUT2D eigenvalue weighted by Gasteiger charge is 2.21. The third-order valence-corrected chi connectivity index (χ3v) is 3.26. The van der Waals surface area contributed by atoms with Crippen LogP contribution in [-0.4, -0.2) is 21.4 Å². The molecule has 10 nitrogen and oxygen atoms in total. The lowest BCUT2D eigenvalue weighted by molar-refractivity contribution is -0.143. The number of rotatable bonds is 2. The molecule has 0 saturated heterocycles. The van der Waals surface area contributed by atoms with E-state index in [-0.39, 0.29) is 31.0 Å². The Morgan fingerprint density at radius 1 is 0.667 bits per heavy atom. The van der Waals surface area contributed by atoms with Crippen LogP contribution < -0.4 is 31.9 Å². The zero-order chi connectivity index (χ0) is 17.8. The minimum Gasteiger partial charge on any atom is -0.330 e. The van der Waals surface area contributed by atoms with Gasteiger partial charge in [0.05, 0.1) is 21.5 Å². The molecule has 0 aliphatic heterocycles. The Kier molecular flexibility index (Phi) is 3.18. The lowest BCUT2D eigenvalue weighted by atomic mass is 10.1. The summed E-state index contributed by atoms with van der Waals surface area (Å²) in [5.41, 5.74) is -3.78. The molecule has 0 amide bonds. The van der Waals surface area contributed by atoms with E-state index in [1.165, 1.54) is 0 Å². The molecular formula is C14H8N2O8. The Morgan fingerprint density at radius 2 is 0.917 bits per heavy atom. The Morgan fingerprint density at radius 3 is 1.12 bits per heavy atom. The Balaban J connectivity index is 2.43. The Hall–Kier alpha value is -3.56. The van der Waals surface area contributed by atoms with E-state index in [0.29, 0.717) is 0 Å². The number of aromatic nitrogens is 2. The number of hydrogen-bond donors (Lipinski definition) is 0. The molecule has 24 heavy (non-hydrogen) atoms. The molecule has 0 bridgehead atoms. The van der Waals surface area contributed by atoms with Gasteiger partial charge in [-0.25, -0.2) is 9.59 Å². The van der Waals surface area contributed by atoms with Gasteiger partial charge in [-0.2, -0.15) is 0 Å². The number of fused-ring (bicyclic) bond motifs is 2. The topological polar surface area (TPSA) is 131 Å². The summed E-state index contributed by atoms with van der Waals surface area (Å²) in [5.74, 6) is -1.77. The highest BCUT2D eigenvalue weighted by molar-refractivity contribution is 5.97. The quantitative estimate of drug-likeness (QED) is 0.520. The van der Waals surface area contributed by atoms with Gasteiger partial charge in [0.15, 0.2) is 0 Å². The Bertz CT molecular complexity index is 1060. The van der Waals surface area contributed by atoms with Crippen LogP contribution in [0.15, 0.2) is 31.3 Å². The first-order valence-electron chi connectivity index (χ1n) is 6.55. The van der Waals surface area contributed by atoms with Crippen molar-refractivity contribution in [3.63, 3.8) is 0 Å². The van der Waals surface area contributed by atoms with Gasteiger partial charge in [0.25, 0.3) is 22.2 Å². The monoisotopic (exact) mass is 332 g/mol. The van der Waals surface area contributed by atoms with E-state index in [4.69, 9.17) is 0 Å². The van der Waals surface area contributed by atoms with Crippen molar-refractivity contribution >= 4 is 33.5 Å². The van der Waals surface area contributed by atoms with Crippen LogP contribution in [0.4, 0.5) is 0 Å². The van der Waals surface area contributed by atoms with Crippen LogP contribution in [0.25, 0.3) is 21.5 Å². The lowest BCUT2D eigenvalue weighted by Gasteiger charge is -1.95. The number of benzene rings is 1. The summed E-state index contributed by atoms with van der Waals surface area (Å²) >= 11 is 0. The van der Waals surface area contributed by atoms with Crippen molar-refractivity contribution in [1.29, 1.82) is 0 Å². The molecule has 0 radical (unpaired) electrons. The standard InChI is InChI=1S/C14H8N2O8/c1-5(17)23-15-11(19)7-3-9-10(4-8(7)12(15)20)14(22)16(13(9)21)24-6(2)18/h3-4H,1-2H3. The summed E-state index contributed by atoms with van der Waals surface area (Å²) in [6.45, 7) is 2.01. The van der Waals surface area contributed by atoms with Crippen LogP contribution in [0.1, 0.15) is 13.8 Å². The number of hydrogen-bond acceptors (Lipinski definition) is 8. The van der Waals surface area contributed by atoms with Crippen LogP contribution >= 0.6 is 0 Å². The van der Waals surface area contributed by atoms with E-state index in [1.54, 1.807) is 0 Å². The number of nitrogens with zero attached hydrogens (tertiary/aromatic N) is 2. The van der Waals surface area contributed by atoms with E-state index < -0.39 is 34.2 Å². The molecule has 1 aromatic carbocycles. The van der Waals surface area contributed by atoms with Gasteiger partial charge in [-0.3, -0.25) is 19.2 Å². The fourth-order valence-electron chi connectivity index (χ4n) is 2.35. The molecule has 0 atom stereocenters. The van der Waals surface area contributed by atoms with Gasteiger partial charge in [-0.05, 0) is 12.1 Å². The summed E-state index contributed by atoms with van der Waals surface area (Å²) in [7, 11) is 0. The minimum atomic E-state index is -0.945.